The molecule has 0 bridgehead atoms. The maximum Gasteiger partial charge on any atom is 0.335 e. The van der Waals surface area contributed by atoms with Crippen molar-refractivity contribution >= 4 is 23.3 Å². The second kappa shape index (κ2) is 8.01. The van der Waals surface area contributed by atoms with Crippen LogP contribution in [0, 0.1) is 0 Å². The van der Waals surface area contributed by atoms with Crippen LogP contribution in [0.2, 0.25) is 0 Å². The summed E-state index contributed by atoms with van der Waals surface area (Å²) in [6.45, 7) is 0. The summed E-state index contributed by atoms with van der Waals surface area (Å²) in [6, 6.07) is 17.5. The number of carbonyl (C=O) groups excluding carboxylic acids is 2. The van der Waals surface area contributed by atoms with Gasteiger partial charge in [-0.25, -0.2) is 4.79 Å². The first-order chi connectivity index (χ1) is 13.0. The Balaban J connectivity index is 1.87. The lowest BCUT2D eigenvalue weighted by Gasteiger charge is -2.20. The third-order valence-electron chi connectivity index (χ3n) is 3.76. The molecule has 3 N–H and O–H groups in total. The second-order valence-electron chi connectivity index (χ2n) is 5.64. The summed E-state index contributed by atoms with van der Waals surface area (Å²) in [5.74, 6) is -1.99. The molecule has 136 valence electrons. The highest BCUT2D eigenvalue weighted by Crippen LogP contribution is 2.14. The van der Waals surface area contributed by atoms with E-state index >= 15 is 0 Å². The number of amides is 1. The number of carbonyl (C=O) groups is 3. The number of furan rings is 1. The molecule has 0 aliphatic heterocycles. The highest BCUT2D eigenvalue weighted by Gasteiger charge is 2.24. The lowest BCUT2D eigenvalue weighted by molar-refractivity contribution is 0.0696. The lowest BCUT2D eigenvalue weighted by Crippen LogP contribution is -2.46. The van der Waals surface area contributed by atoms with Crippen molar-refractivity contribution < 1.29 is 23.9 Å². The minimum absolute atomic E-state index is 0.0574. The minimum atomic E-state index is -1.12. The summed E-state index contributed by atoms with van der Waals surface area (Å²) in [4.78, 5) is 36.3. The van der Waals surface area contributed by atoms with Crippen molar-refractivity contribution in [1.29, 1.82) is 0 Å². The number of aromatic carboxylic acids is 1. The van der Waals surface area contributed by atoms with Gasteiger partial charge in [-0.3, -0.25) is 9.59 Å². The Morgan fingerprint density at radius 3 is 2.30 bits per heavy atom. The fraction of sp³-hybridized carbons (Fsp3) is 0.0500. The van der Waals surface area contributed by atoms with Gasteiger partial charge in [0, 0.05) is 11.3 Å². The number of hydrogen-bond donors (Lipinski definition) is 3. The van der Waals surface area contributed by atoms with Crippen LogP contribution in [0.1, 0.15) is 31.3 Å². The van der Waals surface area contributed by atoms with E-state index in [1.54, 1.807) is 48.5 Å². The average Bonchev–Trinajstić information content (AvgIpc) is 3.23. The summed E-state index contributed by atoms with van der Waals surface area (Å²) in [5, 5.41) is 14.6. The molecule has 7 nitrogen and oxygen atoms in total. The fourth-order valence-electron chi connectivity index (χ4n) is 2.45. The molecule has 0 radical (unpaired) electrons. The molecule has 0 saturated heterocycles. The standard InChI is InChI=1S/C20H16N2O5/c23-17(13-6-2-1-3-7-13)18(22-19(24)16-10-5-11-27-16)21-15-9-4-8-14(12-15)20(25)26/h1-12,18,21H,(H,22,24)(H,25,26). The maximum atomic E-state index is 12.8. The van der Waals surface area contributed by atoms with Crippen molar-refractivity contribution in [3.63, 3.8) is 0 Å². The Hall–Kier alpha value is -3.87. The van der Waals surface area contributed by atoms with Crippen LogP contribution < -0.4 is 10.6 Å². The molecular formula is C20H16N2O5. The van der Waals surface area contributed by atoms with Gasteiger partial charge in [0.1, 0.15) is 0 Å². The zero-order chi connectivity index (χ0) is 19.2. The van der Waals surface area contributed by atoms with Gasteiger partial charge in [0.05, 0.1) is 11.8 Å². The largest absolute Gasteiger partial charge is 0.478 e. The highest BCUT2D eigenvalue weighted by atomic mass is 16.4. The number of carboxylic acids is 1. The van der Waals surface area contributed by atoms with E-state index in [4.69, 9.17) is 9.52 Å². The van der Waals surface area contributed by atoms with E-state index in [1.807, 2.05) is 0 Å². The van der Waals surface area contributed by atoms with Crippen molar-refractivity contribution in [3.8, 4) is 0 Å². The molecule has 0 fully saturated rings. The van der Waals surface area contributed by atoms with Gasteiger partial charge in [0.25, 0.3) is 5.91 Å². The van der Waals surface area contributed by atoms with E-state index in [1.165, 1.54) is 24.5 Å². The maximum absolute atomic E-state index is 12.8. The Morgan fingerprint density at radius 1 is 0.889 bits per heavy atom. The van der Waals surface area contributed by atoms with E-state index < -0.39 is 18.0 Å². The normalized spacial score (nSPS) is 11.4. The van der Waals surface area contributed by atoms with Crippen LogP contribution in [0.5, 0.6) is 0 Å². The molecule has 1 amide bonds. The van der Waals surface area contributed by atoms with Gasteiger partial charge < -0.3 is 20.2 Å². The van der Waals surface area contributed by atoms with Crippen LogP contribution >= 0.6 is 0 Å². The molecule has 1 atom stereocenters. The van der Waals surface area contributed by atoms with Crippen molar-refractivity contribution in [2.45, 2.75) is 6.17 Å². The molecule has 2 aromatic carbocycles. The van der Waals surface area contributed by atoms with Gasteiger partial charge in [0.15, 0.2) is 11.9 Å². The van der Waals surface area contributed by atoms with Crippen LogP contribution in [-0.2, 0) is 0 Å². The Labute approximate surface area is 154 Å². The molecule has 3 aromatic rings. The van der Waals surface area contributed by atoms with E-state index in [9.17, 15) is 14.4 Å². The van der Waals surface area contributed by atoms with Crippen LogP contribution in [0.3, 0.4) is 0 Å². The van der Waals surface area contributed by atoms with Gasteiger partial charge in [-0.15, -0.1) is 0 Å². The van der Waals surface area contributed by atoms with Gasteiger partial charge in [-0.1, -0.05) is 36.4 Å². The number of rotatable bonds is 7. The molecule has 27 heavy (non-hydrogen) atoms. The monoisotopic (exact) mass is 364 g/mol. The van der Waals surface area contributed by atoms with Crippen LogP contribution in [-0.4, -0.2) is 28.9 Å². The summed E-state index contributed by atoms with van der Waals surface area (Å²) in [5.41, 5.74) is 0.830. The zero-order valence-electron chi connectivity index (χ0n) is 14.1. The molecule has 0 aliphatic rings. The summed E-state index contributed by atoms with van der Waals surface area (Å²) >= 11 is 0. The van der Waals surface area contributed by atoms with E-state index in [-0.39, 0.29) is 17.1 Å². The minimum Gasteiger partial charge on any atom is -0.478 e. The number of anilines is 1. The van der Waals surface area contributed by atoms with Crippen molar-refractivity contribution in [2.24, 2.45) is 0 Å². The van der Waals surface area contributed by atoms with Crippen LogP contribution in [0.15, 0.2) is 77.4 Å². The third kappa shape index (κ3) is 4.40. The van der Waals surface area contributed by atoms with Gasteiger partial charge in [-0.2, -0.15) is 0 Å². The van der Waals surface area contributed by atoms with Crippen LogP contribution in [0.25, 0.3) is 0 Å². The van der Waals surface area contributed by atoms with Crippen molar-refractivity contribution in [3.05, 3.63) is 89.9 Å². The summed E-state index contributed by atoms with van der Waals surface area (Å²) in [6.07, 6.45) is 0.237. The highest BCUT2D eigenvalue weighted by molar-refractivity contribution is 6.05. The fourth-order valence-corrected chi connectivity index (χ4v) is 2.45. The van der Waals surface area contributed by atoms with Gasteiger partial charge in [0.2, 0.25) is 5.78 Å². The smallest absolute Gasteiger partial charge is 0.335 e. The number of ketones is 1. The summed E-state index contributed by atoms with van der Waals surface area (Å²) < 4.78 is 5.05. The van der Waals surface area contributed by atoms with E-state index in [2.05, 4.69) is 10.6 Å². The molecule has 0 saturated carbocycles. The topological polar surface area (TPSA) is 109 Å². The van der Waals surface area contributed by atoms with Crippen LogP contribution in [0.4, 0.5) is 5.69 Å². The molecule has 7 heteroatoms. The zero-order valence-corrected chi connectivity index (χ0v) is 14.1. The first-order valence-corrected chi connectivity index (χ1v) is 8.08. The van der Waals surface area contributed by atoms with Crippen molar-refractivity contribution in [2.75, 3.05) is 5.32 Å². The number of hydrogen-bond acceptors (Lipinski definition) is 5. The van der Waals surface area contributed by atoms with E-state index in [0.717, 1.165) is 0 Å². The molecular weight excluding hydrogens is 348 g/mol. The Bertz CT molecular complexity index is 952. The molecule has 3 rings (SSSR count). The molecule has 1 aromatic heterocycles. The molecule has 1 unspecified atom stereocenters. The molecule has 0 aliphatic carbocycles. The quantitative estimate of drug-likeness (QED) is 0.439. The number of nitrogens with one attached hydrogen (secondary N) is 2. The first-order valence-electron chi connectivity index (χ1n) is 8.08. The molecule has 1 heterocycles. The molecule has 0 spiro atoms. The van der Waals surface area contributed by atoms with Gasteiger partial charge >= 0.3 is 5.97 Å². The number of benzene rings is 2. The number of carboxylic acid groups (broad SMARTS) is 1. The lowest BCUT2D eigenvalue weighted by atomic mass is 10.1. The third-order valence-corrected chi connectivity index (χ3v) is 3.76. The average molecular weight is 364 g/mol. The predicted molar refractivity (Wildman–Crippen MR) is 97.8 cm³/mol. The predicted octanol–water partition coefficient (Wildman–Crippen LogP) is 3.03. The second-order valence-corrected chi connectivity index (χ2v) is 5.64. The number of Topliss-reactive ketones (excluding diaryl/α,β-unsaturated/α-hetero) is 1. The van der Waals surface area contributed by atoms with Gasteiger partial charge in [-0.05, 0) is 30.3 Å². The Morgan fingerprint density at radius 2 is 1.63 bits per heavy atom. The first kappa shape index (κ1) is 17.9. The SMILES string of the molecule is O=C(O)c1cccc(NC(NC(=O)c2ccco2)C(=O)c2ccccc2)c1. The van der Waals surface area contributed by atoms with Crippen molar-refractivity contribution in [1.82, 2.24) is 5.32 Å². The summed E-state index contributed by atoms with van der Waals surface area (Å²) in [7, 11) is 0. The van der Waals surface area contributed by atoms with E-state index in [0.29, 0.717) is 11.3 Å². The Kier molecular flexibility index (Phi) is 5.32.